The van der Waals surface area contributed by atoms with Gasteiger partial charge in [0.2, 0.25) is 0 Å². The van der Waals surface area contributed by atoms with Gasteiger partial charge in [-0.25, -0.2) is 0 Å². The van der Waals surface area contributed by atoms with Gasteiger partial charge in [-0.1, -0.05) is 87.7 Å². The SMILES string of the molecule is Cc1ccc(C(=Cc2ccc(Br)cc2)c2ccc(C)cc2)cc1. The zero-order valence-electron chi connectivity index (χ0n) is 13.4. The molecule has 3 aromatic rings. The Kier molecular flexibility index (Phi) is 4.78. The number of halogens is 1. The molecule has 0 bridgehead atoms. The summed E-state index contributed by atoms with van der Waals surface area (Å²) < 4.78 is 1.10. The molecule has 0 heterocycles. The molecule has 3 rings (SSSR count). The molecule has 3 aromatic carbocycles. The first-order chi connectivity index (χ1) is 11.1. The van der Waals surface area contributed by atoms with Gasteiger partial charge in [-0.3, -0.25) is 0 Å². The van der Waals surface area contributed by atoms with E-state index >= 15 is 0 Å². The quantitative estimate of drug-likeness (QED) is 0.457. The highest BCUT2D eigenvalue weighted by molar-refractivity contribution is 9.10. The second kappa shape index (κ2) is 6.97. The second-order valence-corrected chi connectivity index (χ2v) is 6.76. The molecule has 0 aliphatic heterocycles. The van der Waals surface area contributed by atoms with Crippen molar-refractivity contribution in [3.8, 4) is 0 Å². The van der Waals surface area contributed by atoms with Crippen LogP contribution in [0.1, 0.15) is 27.8 Å². The van der Waals surface area contributed by atoms with Crippen LogP contribution in [0.15, 0.2) is 77.3 Å². The lowest BCUT2D eigenvalue weighted by Gasteiger charge is -2.10. The minimum atomic E-state index is 1.10. The van der Waals surface area contributed by atoms with Crippen molar-refractivity contribution in [2.24, 2.45) is 0 Å². The Hall–Kier alpha value is -2.12. The summed E-state index contributed by atoms with van der Waals surface area (Å²) in [5.74, 6) is 0. The van der Waals surface area contributed by atoms with E-state index in [4.69, 9.17) is 0 Å². The molecule has 114 valence electrons. The van der Waals surface area contributed by atoms with Gasteiger partial charge in [0.25, 0.3) is 0 Å². The van der Waals surface area contributed by atoms with E-state index in [0.717, 1.165) is 4.47 Å². The van der Waals surface area contributed by atoms with Gasteiger partial charge in [0.05, 0.1) is 0 Å². The van der Waals surface area contributed by atoms with Gasteiger partial charge >= 0.3 is 0 Å². The minimum Gasteiger partial charge on any atom is -0.0587 e. The van der Waals surface area contributed by atoms with Crippen molar-refractivity contribution >= 4 is 27.6 Å². The lowest BCUT2D eigenvalue weighted by Crippen LogP contribution is -1.89. The van der Waals surface area contributed by atoms with Gasteiger partial charge in [-0.05, 0) is 54.3 Å². The second-order valence-electron chi connectivity index (χ2n) is 5.84. The maximum Gasteiger partial charge on any atom is 0.0175 e. The van der Waals surface area contributed by atoms with Gasteiger partial charge in [-0.2, -0.15) is 0 Å². The molecule has 0 saturated carbocycles. The van der Waals surface area contributed by atoms with E-state index in [2.05, 4.69) is 109 Å². The van der Waals surface area contributed by atoms with Gasteiger partial charge in [0, 0.05) is 4.47 Å². The van der Waals surface area contributed by atoms with Crippen LogP contribution in [0.4, 0.5) is 0 Å². The topological polar surface area (TPSA) is 0 Å². The number of hydrogen-bond acceptors (Lipinski definition) is 0. The first-order valence-corrected chi connectivity index (χ1v) is 8.52. The molecule has 1 heteroatoms. The van der Waals surface area contributed by atoms with Gasteiger partial charge in [0.1, 0.15) is 0 Å². The fourth-order valence-corrected chi connectivity index (χ4v) is 2.79. The maximum absolute atomic E-state index is 3.50. The van der Waals surface area contributed by atoms with Crippen LogP contribution in [0.2, 0.25) is 0 Å². The van der Waals surface area contributed by atoms with E-state index < -0.39 is 0 Å². The number of hydrogen-bond donors (Lipinski definition) is 0. The first-order valence-electron chi connectivity index (χ1n) is 7.73. The molecule has 0 spiro atoms. The van der Waals surface area contributed by atoms with Crippen LogP contribution in [-0.2, 0) is 0 Å². The summed E-state index contributed by atoms with van der Waals surface area (Å²) in [6, 6.07) is 25.9. The largest absolute Gasteiger partial charge is 0.0587 e. The van der Waals surface area contributed by atoms with Crippen molar-refractivity contribution in [1.29, 1.82) is 0 Å². The van der Waals surface area contributed by atoms with Crippen molar-refractivity contribution < 1.29 is 0 Å². The molecular weight excluding hydrogens is 344 g/mol. The fraction of sp³-hybridized carbons (Fsp3) is 0.0909. The normalized spacial score (nSPS) is 10.4. The summed E-state index contributed by atoms with van der Waals surface area (Å²) in [6.45, 7) is 4.24. The summed E-state index contributed by atoms with van der Waals surface area (Å²) in [7, 11) is 0. The smallest absolute Gasteiger partial charge is 0.0175 e. The third-order valence-electron chi connectivity index (χ3n) is 3.91. The molecule has 0 atom stereocenters. The Morgan fingerprint density at radius 3 is 1.52 bits per heavy atom. The van der Waals surface area contributed by atoms with Crippen molar-refractivity contribution in [2.45, 2.75) is 13.8 Å². The molecule has 0 unspecified atom stereocenters. The number of benzene rings is 3. The van der Waals surface area contributed by atoms with Crippen LogP contribution in [0, 0.1) is 13.8 Å². The molecule has 0 amide bonds. The molecule has 0 nitrogen and oxygen atoms in total. The van der Waals surface area contributed by atoms with Gasteiger partial charge in [-0.15, -0.1) is 0 Å². The summed E-state index contributed by atoms with van der Waals surface area (Å²) in [5, 5.41) is 0. The standard InChI is InChI=1S/C22H19Br/c1-16-3-9-19(10-4-16)22(20-11-5-17(2)6-12-20)15-18-7-13-21(23)14-8-18/h3-15H,1-2H3. The third kappa shape index (κ3) is 4.00. The molecule has 0 aromatic heterocycles. The average Bonchev–Trinajstić information content (AvgIpc) is 2.56. The zero-order chi connectivity index (χ0) is 16.2. The predicted molar refractivity (Wildman–Crippen MR) is 103 cm³/mol. The molecule has 0 aliphatic rings. The summed E-state index contributed by atoms with van der Waals surface area (Å²) in [5.41, 5.74) is 7.47. The van der Waals surface area contributed by atoms with E-state index in [1.807, 2.05) is 0 Å². The van der Waals surface area contributed by atoms with Crippen molar-refractivity contribution in [1.82, 2.24) is 0 Å². The highest BCUT2D eigenvalue weighted by Gasteiger charge is 2.05. The molecule has 0 radical (unpaired) electrons. The lowest BCUT2D eigenvalue weighted by atomic mass is 9.94. The summed E-state index contributed by atoms with van der Waals surface area (Å²) in [4.78, 5) is 0. The van der Waals surface area contributed by atoms with Crippen molar-refractivity contribution in [2.75, 3.05) is 0 Å². The molecule has 23 heavy (non-hydrogen) atoms. The van der Waals surface area contributed by atoms with Crippen LogP contribution in [-0.4, -0.2) is 0 Å². The van der Waals surface area contributed by atoms with Crippen LogP contribution >= 0.6 is 15.9 Å². The van der Waals surface area contributed by atoms with E-state index in [0.29, 0.717) is 0 Å². The predicted octanol–water partition coefficient (Wildman–Crippen LogP) is 6.65. The van der Waals surface area contributed by atoms with E-state index in [-0.39, 0.29) is 0 Å². The molecule has 0 saturated heterocycles. The maximum atomic E-state index is 3.50. The van der Waals surface area contributed by atoms with Crippen molar-refractivity contribution in [3.63, 3.8) is 0 Å². The molecule has 0 aliphatic carbocycles. The fourth-order valence-electron chi connectivity index (χ4n) is 2.53. The number of rotatable bonds is 3. The van der Waals surface area contributed by atoms with E-state index in [9.17, 15) is 0 Å². The van der Waals surface area contributed by atoms with Crippen molar-refractivity contribution in [3.05, 3.63) is 105 Å². The highest BCUT2D eigenvalue weighted by Crippen LogP contribution is 2.27. The Labute approximate surface area is 146 Å². The average molecular weight is 363 g/mol. The summed E-state index contributed by atoms with van der Waals surface area (Å²) in [6.07, 6.45) is 2.25. The highest BCUT2D eigenvalue weighted by atomic mass is 79.9. The van der Waals surface area contributed by atoms with Gasteiger partial charge < -0.3 is 0 Å². The molecule has 0 N–H and O–H groups in total. The van der Waals surface area contributed by atoms with E-state index in [1.165, 1.54) is 33.4 Å². The third-order valence-corrected chi connectivity index (χ3v) is 4.43. The van der Waals surface area contributed by atoms with Crippen LogP contribution in [0.3, 0.4) is 0 Å². The Balaban J connectivity index is 2.10. The molecular formula is C22H19Br. The Morgan fingerprint density at radius 2 is 1.09 bits per heavy atom. The van der Waals surface area contributed by atoms with Crippen LogP contribution < -0.4 is 0 Å². The zero-order valence-corrected chi connectivity index (χ0v) is 15.0. The lowest BCUT2D eigenvalue weighted by molar-refractivity contribution is 1.43. The van der Waals surface area contributed by atoms with Crippen LogP contribution in [0.5, 0.6) is 0 Å². The summed E-state index contributed by atoms with van der Waals surface area (Å²) >= 11 is 3.50. The van der Waals surface area contributed by atoms with Gasteiger partial charge in [0.15, 0.2) is 0 Å². The first kappa shape index (κ1) is 15.8. The van der Waals surface area contributed by atoms with E-state index in [1.54, 1.807) is 0 Å². The van der Waals surface area contributed by atoms with Crippen LogP contribution in [0.25, 0.3) is 11.6 Å². The monoisotopic (exact) mass is 362 g/mol. The molecule has 0 fully saturated rings. The minimum absolute atomic E-state index is 1.10. The Morgan fingerprint density at radius 1 is 0.652 bits per heavy atom. The number of aryl methyl sites for hydroxylation is 2. The Bertz CT molecular complexity index is 760.